The number of aryl methyl sites for hydroxylation is 1. The number of likely N-dealkylation sites (N-methyl/N-ethyl adjacent to an activating group) is 1. The lowest BCUT2D eigenvalue weighted by atomic mass is 10.1. The van der Waals surface area contributed by atoms with Crippen LogP contribution in [0.3, 0.4) is 0 Å². The van der Waals surface area contributed by atoms with E-state index in [0.29, 0.717) is 5.69 Å². The van der Waals surface area contributed by atoms with E-state index in [1.54, 1.807) is 6.07 Å². The van der Waals surface area contributed by atoms with E-state index in [9.17, 15) is 18.4 Å². The minimum atomic E-state index is -0.584. The summed E-state index contributed by atoms with van der Waals surface area (Å²) in [6.07, 6.45) is 0. The van der Waals surface area contributed by atoms with Gasteiger partial charge >= 0.3 is 0 Å². The van der Waals surface area contributed by atoms with Crippen LogP contribution in [0.25, 0.3) is 0 Å². The van der Waals surface area contributed by atoms with Gasteiger partial charge in [0, 0.05) is 17.6 Å². The molecule has 0 radical (unpaired) electrons. The second kappa shape index (κ2) is 8.80. The highest BCUT2D eigenvalue weighted by Crippen LogP contribution is 2.23. The van der Waals surface area contributed by atoms with Crippen molar-refractivity contribution in [1.82, 2.24) is 4.90 Å². The largest absolute Gasteiger partial charge is 0.336 e. The first kappa shape index (κ1) is 19.9. The van der Waals surface area contributed by atoms with E-state index in [1.807, 2.05) is 26.0 Å². The predicted molar refractivity (Wildman–Crippen MR) is 99.3 cm³/mol. The predicted octanol–water partition coefficient (Wildman–Crippen LogP) is 3.77. The fraction of sp³-hybridized carbons (Fsp3) is 0.263. The molecule has 0 spiro atoms. The number of nitrogens with one attached hydrogen (secondary N) is 1. The quantitative estimate of drug-likeness (QED) is 0.779. The summed E-state index contributed by atoms with van der Waals surface area (Å²) < 4.78 is 26.7. The van der Waals surface area contributed by atoms with Crippen molar-refractivity contribution in [3.63, 3.8) is 0 Å². The molecule has 0 aliphatic heterocycles. The van der Waals surface area contributed by atoms with Crippen LogP contribution < -0.4 is 5.32 Å². The molecular formula is C19H20F2N2O2S. The molecule has 138 valence electrons. The molecule has 1 N–H and O–H groups in total. The van der Waals surface area contributed by atoms with Crippen LogP contribution in [0, 0.1) is 25.5 Å². The second-order valence-corrected chi connectivity index (χ2v) is 6.93. The van der Waals surface area contributed by atoms with Gasteiger partial charge in [0.15, 0.2) is 0 Å². The number of hydrogen-bond donors (Lipinski definition) is 1. The summed E-state index contributed by atoms with van der Waals surface area (Å²) in [5, 5.41) is 2.78. The molecule has 0 heterocycles. The van der Waals surface area contributed by atoms with Gasteiger partial charge in [-0.3, -0.25) is 9.59 Å². The third kappa shape index (κ3) is 5.29. The Morgan fingerprint density at radius 3 is 2.62 bits per heavy atom. The zero-order valence-corrected chi connectivity index (χ0v) is 15.6. The van der Waals surface area contributed by atoms with Crippen molar-refractivity contribution in [3.05, 3.63) is 59.2 Å². The van der Waals surface area contributed by atoms with Gasteiger partial charge < -0.3 is 10.2 Å². The van der Waals surface area contributed by atoms with Gasteiger partial charge in [0.1, 0.15) is 11.6 Å². The van der Waals surface area contributed by atoms with Crippen molar-refractivity contribution < 1.29 is 18.4 Å². The molecule has 2 amide bonds. The van der Waals surface area contributed by atoms with Gasteiger partial charge in [0.25, 0.3) is 0 Å². The summed E-state index contributed by atoms with van der Waals surface area (Å²) in [5.74, 6) is -1.92. The Hall–Kier alpha value is -2.41. The Bertz CT molecular complexity index is 827. The van der Waals surface area contributed by atoms with Crippen molar-refractivity contribution in [2.45, 2.75) is 18.7 Å². The highest BCUT2D eigenvalue weighted by molar-refractivity contribution is 8.00. The van der Waals surface area contributed by atoms with E-state index < -0.39 is 11.6 Å². The molecule has 0 atom stereocenters. The highest BCUT2D eigenvalue weighted by atomic mass is 32.2. The molecule has 0 aromatic heterocycles. The van der Waals surface area contributed by atoms with Gasteiger partial charge in [-0.15, -0.1) is 11.8 Å². The molecule has 0 saturated carbocycles. The van der Waals surface area contributed by atoms with Crippen molar-refractivity contribution >= 4 is 29.3 Å². The number of halogens is 2. The van der Waals surface area contributed by atoms with Crippen LogP contribution in [-0.4, -0.2) is 36.1 Å². The van der Waals surface area contributed by atoms with Crippen LogP contribution in [0.4, 0.5) is 14.5 Å². The fourth-order valence-electron chi connectivity index (χ4n) is 2.22. The SMILES string of the molecule is Cc1cccc(NC(=O)CN(C)C(=O)CSc2cc(F)ccc2F)c1C. The molecule has 2 aromatic rings. The van der Waals surface area contributed by atoms with E-state index in [4.69, 9.17) is 0 Å². The molecule has 4 nitrogen and oxygen atoms in total. The normalized spacial score (nSPS) is 10.5. The van der Waals surface area contributed by atoms with E-state index in [-0.39, 0.29) is 29.0 Å². The van der Waals surface area contributed by atoms with Crippen LogP contribution in [-0.2, 0) is 9.59 Å². The van der Waals surface area contributed by atoms with Crippen molar-refractivity contribution in [2.24, 2.45) is 0 Å². The number of thioether (sulfide) groups is 1. The maximum Gasteiger partial charge on any atom is 0.243 e. The van der Waals surface area contributed by atoms with Crippen molar-refractivity contribution in [3.8, 4) is 0 Å². The Labute approximate surface area is 155 Å². The molecule has 0 bridgehead atoms. The van der Waals surface area contributed by atoms with Gasteiger partial charge in [-0.25, -0.2) is 8.78 Å². The number of hydrogen-bond acceptors (Lipinski definition) is 3. The lowest BCUT2D eigenvalue weighted by Crippen LogP contribution is -2.36. The zero-order chi connectivity index (χ0) is 19.3. The van der Waals surface area contributed by atoms with Crippen LogP contribution in [0.15, 0.2) is 41.3 Å². The molecule has 0 unspecified atom stereocenters. The molecule has 0 aliphatic carbocycles. The monoisotopic (exact) mass is 378 g/mol. The van der Waals surface area contributed by atoms with Gasteiger partial charge in [-0.2, -0.15) is 0 Å². The average molecular weight is 378 g/mol. The number of anilines is 1. The smallest absolute Gasteiger partial charge is 0.243 e. The highest BCUT2D eigenvalue weighted by Gasteiger charge is 2.15. The van der Waals surface area contributed by atoms with Crippen LogP contribution >= 0.6 is 11.8 Å². The first-order valence-corrected chi connectivity index (χ1v) is 8.94. The van der Waals surface area contributed by atoms with Gasteiger partial charge in [-0.05, 0) is 49.2 Å². The lowest BCUT2D eigenvalue weighted by molar-refractivity contribution is -0.131. The second-order valence-electron chi connectivity index (χ2n) is 5.91. The molecule has 0 fully saturated rings. The van der Waals surface area contributed by atoms with Gasteiger partial charge in [0.2, 0.25) is 11.8 Å². The molecule has 0 aliphatic rings. The molecule has 2 aromatic carbocycles. The number of rotatable bonds is 6. The lowest BCUT2D eigenvalue weighted by Gasteiger charge is -2.17. The Kier molecular flexibility index (Phi) is 6.74. The topological polar surface area (TPSA) is 49.4 Å². The molecule has 26 heavy (non-hydrogen) atoms. The molecule has 0 saturated heterocycles. The van der Waals surface area contributed by atoms with E-state index in [0.717, 1.165) is 41.1 Å². The van der Waals surface area contributed by atoms with Crippen LogP contribution in [0.1, 0.15) is 11.1 Å². The fourth-order valence-corrected chi connectivity index (χ4v) is 3.12. The van der Waals surface area contributed by atoms with E-state index in [2.05, 4.69) is 5.32 Å². The summed E-state index contributed by atoms with van der Waals surface area (Å²) in [7, 11) is 1.49. The van der Waals surface area contributed by atoms with Gasteiger partial charge in [-0.1, -0.05) is 12.1 Å². The number of benzene rings is 2. The zero-order valence-electron chi connectivity index (χ0n) is 14.8. The molecule has 7 heteroatoms. The maximum atomic E-state index is 13.6. The van der Waals surface area contributed by atoms with Crippen LogP contribution in [0.5, 0.6) is 0 Å². The summed E-state index contributed by atoms with van der Waals surface area (Å²) in [6, 6.07) is 8.67. The number of carbonyl (C=O) groups excluding carboxylic acids is 2. The first-order valence-electron chi connectivity index (χ1n) is 7.96. The Morgan fingerprint density at radius 1 is 1.15 bits per heavy atom. The van der Waals surface area contributed by atoms with E-state index >= 15 is 0 Å². The Morgan fingerprint density at radius 2 is 1.88 bits per heavy atom. The van der Waals surface area contributed by atoms with Gasteiger partial charge in [0.05, 0.1) is 12.3 Å². The number of nitrogens with zero attached hydrogens (tertiary/aromatic N) is 1. The summed E-state index contributed by atoms with van der Waals surface area (Å²) >= 11 is 0.895. The third-order valence-corrected chi connectivity index (χ3v) is 4.94. The maximum absolute atomic E-state index is 13.6. The average Bonchev–Trinajstić information content (AvgIpc) is 2.59. The minimum Gasteiger partial charge on any atom is -0.336 e. The standard InChI is InChI=1S/C19H20F2N2O2S/c1-12-5-4-6-16(13(12)2)22-18(24)10-23(3)19(25)11-26-17-9-14(20)7-8-15(17)21/h4-9H,10-11H2,1-3H3,(H,22,24). The number of carbonyl (C=O) groups is 2. The summed E-state index contributed by atoms with van der Waals surface area (Å²) in [6.45, 7) is 3.73. The molecular weight excluding hydrogens is 358 g/mol. The summed E-state index contributed by atoms with van der Waals surface area (Å²) in [5.41, 5.74) is 2.72. The third-order valence-electron chi connectivity index (χ3n) is 3.93. The number of amides is 2. The van der Waals surface area contributed by atoms with Crippen LogP contribution in [0.2, 0.25) is 0 Å². The molecule has 2 rings (SSSR count). The van der Waals surface area contributed by atoms with Crippen molar-refractivity contribution in [2.75, 3.05) is 24.7 Å². The summed E-state index contributed by atoms with van der Waals surface area (Å²) in [4.78, 5) is 25.6. The van der Waals surface area contributed by atoms with E-state index in [1.165, 1.54) is 11.9 Å². The minimum absolute atomic E-state index is 0.0617. The Balaban J connectivity index is 1.89. The van der Waals surface area contributed by atoms with Crippen molar-refractivity contribution in [1.29, 1.82) is 0 Å². The first-order chi connectivity index (χ1) is 12.3.